The molecule has 0 spiro atoms. The summed E-state index contributed by atoms with van der Waals surface area (Å²) in [5, 5.41) is 10.8. The van der Waals surface area contributed by atoms with Crippen LogP contribution in [-0.4, -0.2) is 134 Å². The maximum atomic E-state index is 14.4. The van der Waals surface area contributed by atoms with Crippen molar-refractivity contribution in [2.75, 3.05) is 46.0 Å². The standard InChI is InChI=1S/C16H21F13N2O8S2/c1-31(2,7-9(32)8-40(35,36)37)5-3-4-30(6-10(33)34)41(38,39)16(28,29)14(23,24)12(19,20)11(17,18)13(21,22)15(25,26)27/h9,32H,3-8H2,1-2H3,(H-,33,34,35,36,37)/p+1. The van der Waals surface area contributed by atoms with Crippen LogP contribution in [0.5, 0.6) is 0 Å². The number of carboxylic acids is 1. The lowest BCUT2D eigenvalue weighted by Gasteiger charge is -2.40. The number of alkyl halides is 13. The molecule has 3 N–H and O–H groups in total. The summed E-state index contributed by atoms with van der Waals surface area (Å²) in [6.07, 6.45) is -10.4. The van der Waals surface area contributed by atoms with E-state index in [0.29, 0.717) is 0 Å². The van der Waals surface area contributed by atoms with Crippen LogP contribution in [0.3, 0.4) is 0 Å². The third-order valence-corrected chi connectivity index (χ3v) is 7.86. The van der Waals surface area contributed by atoms with Gasteiger partial charge in [0.1, 0.15) is 24.9 Å². The first-order valence-corrected chi connectivity index (χ1v) is 13.3. The highest BCUT2D eigenvalue weighted by Crippen LogP contribution is 2.61. The van der Waals surface area contributed by atoms with Crippen molar-refractivity contribution in [3.05, 3.63) is 0 Å². The highest BCUT2D eigenvalue weighted by Gasteiger charge is 2.92. The van der Waals surface area contributed by atoms with Gasteiger partial charge in [-0.25, -0.2) is 8.42 Å². The van der Waals surface area contributed by atoms with E-state index in [1.165, 1.54) is 0 Å². The van der Waals surface area contributed by atoms with Gasteiger partial charge >= 0.3 is 41.1 Å². The summed E-state index contributed by atoms with van der Waals surface area (Å²) in [6, 6.07) is 0. The van der Waals surface area contributed by atoms with Crippen LogP contribution < -0.4 is 0 Å². The number of aliphatic carboxylic acids is 1. The van der Waals surface area contributed by atoms with Crippen LogP contribution >= 0.6 is 0 Å². The van der Waals surface area contributed by atoms with Crippen molar-refractivity contribution in [1.29, 1.82) is 0 Å². The van der Waals surface area contributed by atoms with Crippen molar-refractivity contribution in [1.82, 2.24) is 4.31 Å². The molecule has 0 aromatic carbocycles. The van der Waals surface area contributed by atoms with Crippen LogP contribution in [0.15, 0.2) is 0 Å². The van der Waals surface area contributed by atoms with Crippen molar-refractivity contribution in [2.24, 2.45) is 0 Å². The smallest absolute Gasteiger partial charge is 0.460 e. The number of sulfonamides is 1. The largest absolute Gasteiger partial charge is 0.480 e. The summed E-state index contributed by atoms with van der Waals surface area (Å²) < 4.78 is 226. The zero-order valence-corrected chi connectivity index (χ0v) is 22.0. The molecule has 0 saturated heterocycles. The number of likely N-dealkylation sites (N-methyl/N-ethyl adjacent to an activating group) is 1. The lowest BCUT2D eigenvalue weighted by atomic mass is 9.98. The lowest BCUT2D eigenvalue weighted by molar-refractivity contribution is -0.893. The number of nitrogens with zero attached hydrogens (tertiary/aromatic N) is 2. The molecule has 246 valence electrons. The first-order chi connectivity index (χ1) is 17.6. The quantitative estimate of drug-likeness (QED) is 0.128. The van der Waals surface area contributed by atoms with Crippen LogP contribution in [0, 0.1) is 0 Å². The highest BCUT2D eigenvalue weighted by atomic mass is 32.2. The molecule has 0 aliphatic rings. The lowest BCUT2D eigenvalue weighted by Crippen LogP contribution is -2.72. The van der Waals surface area contributed by atoms with Crippen molar-refractivity contribution >= 4 is 26.1 Å². The van der Waals surface area contributed by atoms with E-state index in [-0.39, 0.29) is 0 Å². The van der Waals surface area contributed by atoms with E-state index < -0.39 is 114 Å². The molecule has 0 aromatic heterocycles. The van der Waals surface area contributed by atoms with Crippen molar-refractivity contribution < 1.29 is 98.0 Å². The second-order valence-electron chi connectivity index (χ2n) is 9.14. The third kappa shape index (κ3) is 8.03. The Hall–Kier alpha value is -1.70. The number of hydrogen-bond donors (Lipinski definition) is 3. The molecule has 0 aromatic rings. The number of carboxylic acid groups (broad SMARTS) is 1. The Bertz CT molecular complexity index is 1160. The summed E-state index contributed by atoms with van der Waals surface area (Å²) in [5.41, 5.74) is 0. The number of halogens is 13. The Labute approximate surface area is 222 Å². The fourth-order valence-corrected chi connectivity index (χ4v) is 5.16. The van der Waals surface area contributed by atoms with E-state index in [9.17, 15) is 83.8 Å². The Morgan fingerprint density at radius 2 is 1.22 bits per heavy atom. The number of quaternary nitrogens is 1. The zero-order valence-electron chi connectivity index (χ0n) is 20.3. The SMILES string of the molecule is C[N+](C)(CCCN(CC(=O)O)S(=O)(=O)C(F)(F)C(F)(F)C(F)(F)C(F)(F)C(F)(F)C(F)(F)F)CC(O)CS(=O)(=O)O. The number of aliphatic hydroxyl groups excluding tert-OH is 1. The summed E-state index contributed by atoms with van der Waals surface area (Å²) in [5.74, 6) is -36.8. The van der Waals surface area contributed by atoms with Gasteiger partial charge < -0.3 is 14.7 Å². The first-order valence-electron chi connectivity index (χ1n) is 10.2. The summed E-state index contributed by atoms with van der Waals surface area (Å²) in [7, 11) is -10.0. The minimum atomic E-state index is -8.42. The third-order valence-electron chi connectivity index (χ3n) is 5.16. The van der Waals surface area contributed by atoms with Gasteiger partial charge in [0.25, 0.3) is 20.1 Å². The number of carbonyl (C=O) groups is 1. The molecule has 0 fully saturated rings. The van der Waals surface area contributed by atoms with Gasteiger partial charge in [-0.2, -0.15) is 69.8 Å². The Balaban J connectivity index is 6.37. The number of aliphatic hydroxyl groups is 1. The summed E-state index contributed by atoms with van der Waals surface area (Å²) in [6.45, 7) is -5.07. The first kappa shape index (κ1) is 39.3. The molecule has 0 aliphatic heterocycles. The van der Waals surface area contributed by atoms with Crippen LogP contribution in [0.2, 0.25) is 0 Å². The molecule has 0 bridgehead atoms. The van der Waals surface area contributed by atoms with Crippen molar-refractivity contribution in [3.8, 4) is 0 Å². The topological polar surface area (TPSA) is 149 Å². The molecule has 0 heterocycles. The second kappa shape index (κ2) is 11.8. The van der Waals surface area contributed by atoms with Crippen molar-refractivity contribution in [2.45, 2.75) is 47.6 Å². The Morgan fingerprint density at radius 3 is 1.59 bits per heavy atom. The fourth-order valence-electron chi connectivity index (χ4n) is 3.15. The molecule has 1 atom stereocenters. The van der Waals surface area contributed by atoms with Gasteiger partial charge in [0, 0.05) is 13.0 Å². The molecule has 0 rings (SSSR count). The van der Waals surface area contributed by atoms with Gasteiger partial charge in [0.2, 0.25) is 0 Å². The van der Waals surface area contributed by atoms with E-state index in [0.717, 1.165) is 14.1 Å². The van der Waals surface area contributed by atoms with Crippen molar-refractivity contribution in [3.63, 3.8) is 0 Å². The second-order valence-corrected chi connectivity index (χ2v) is 12.6. The monoisotopic (exact) mass is 681 g/mol. The van der Waals surface area contributed by atoms with E-state index in [1.807, 2.05) is 0 Å². The molecule has 0 amide bonds. The molecule has 1 unspecified atom stereocenters. The number of rotatable bonds is 16. The van der Waals surface area contributed by atoms with Gasteiger partial charge in [0.05, 0.1) is 20.6 Å². The van der Waals surface area contributed by atoms with Gasteiger partial charge in [0.15, 0.2) is 0 Å². The van der Waals surface area contributed by atoms with Crippen LogP contribution in [0.1, 0.15) is 6.42 Å². The molecule has 0 radical (unpaired) electrons. The molecule has 25 heteroatoms. The molecular weight excluding hydrogens is 659 g/mol. The molecule has 0 aliphatic carbocycles. The van der Waals surface area contributed by atoms with Gasteiger partial charge in [-0.1, -0.05) is 0 Å². The van der Waals surface area contributed by atoms with Crippen LogP contribution in [0.25, 0.3) is 0 Å². The van der Waals surface area contributed by atoms with Crippen LogP contribution in [0.4, 0.5) is 57.1 Å². The summed E-state index contributed by atoms with van der Waals surface area (Å²) >= 11 is 0. The molecule has 10 nitrogen and oxygen atoms in total. The maximum absolute atomic E-state index is 14.4. The highest BCUT2D eigenvalue weighted by molar-refractivity contribution is 7.90. The molecule has 41 heavy (non-hydrogen) atoms. The van der Waals surface area contributed by atoms with Gasteiger partial charge in [-0.15, -0.1) is 0 Å². The fraction of sp³-hybridized carbons (Fsp3) is 0.938. The van der Waals surface area contributed by atoms with E-state index in [2.05, 4.69) is 0 Å². The van der Waals surface area contributed by atoms with E-state index in [4.69, 9.17) is 9.66 Å². The van der Waals surface area contributed by atoms with Gasteiger partial charge in [-0.3, -0.25) is 9.35 Å². The average Bonchev–Trinajstić information content (AvgIpc) is 2.68. The maximum Gasteiger partial charge on any atom is 0.460 e. The molecule has 0 saturated carbocycles. The predicted molar refractivity (Wildman–Crippen MR) is 108 cm³/mol. The summed E-state index contributed by atoms with van der Waals surface area (Å²) in [4.78, 5) is 10.9. The minimum Gasteiger partial charge on any atom is -0.480 e. The zero-order chi connectivity index (χ0) is 33.5. The number of hydrogen-bond acceptors (Lipinski definition) is 6. The van der Waals surface area contributed by atoms with E-state index >= 15 is 0 Å². The Kier molecular flexibility index (Phi) is 11.3. The minimum absolute atomic E-state index is 0.581. The molecular formula is C16H22F13N2O8S2+. The normalized spacial score (nSPS) is 16.2. The van der Waals surface area contributed by atoms with Crippen LogP contribution in [-0.2, 0) is 24.9 Å². The Morgan fingerprint density at radius 1 is 0.805 bits per heavy atom. The van der Waals surface area contributed by atoms with E-state index in [1.54, 1.807) is 0 Å². The van der Waals surface area contributed by atoms with Gasteiger partial charge in [-0.05, 0) is 0 Å². The average molecular weight is 681 g/mol. The predicted octanol–water partition coefficient (Wildman–Crippen LogP) is 2.11.